The van der Waals surface area contributed by atoms with Gasteiger partial charge in [-0.05, 0) is 49.4 Å². The molecule has 2 aliphatic carbocycles. The highest BCUT2D eigenvalue weighted by Crippen LogP contribution is 2.69. The predicted molar refractivity (Wildman–Crippen MR) is 111 cm³/mol. The zero-order valence-electron chi connectivity index (χ0n) is 19.2. The number of hydrogen-bond donors (Lipinski definition) is 0. The van der Waals surface area contributed by atoms with Crippen LogP contribution in [0.2, 0.25) is 0 Å². The van der Waals surface area contributed by atoms with Crippen LogP contribution in [-0.2, 0) is 33.3 Å². The van der Waals surface area contributed by atoms with Gasteiger partial charge in [-0.15, -0.1) is 0 Å². The fourth-order valence-corrected chi connectivity index (χ4v) is 7.06. The van der Waals surface area contributed by atoms with E-state index >= 15 is 0 Å². The first-order chi connectivity index (χ1) is 14.6. The fraction of sp³-hybridized carbons (Fsp3) is 0.875. The van der Waals surface area contributed by atoms with E-state index in [0.29, 0.717) is 25.6 Å². The van der Waals surface area contributed by atoms with Gasteiger partial charge >= 0.3 is 17.9 Å². The van der Waals surface area contributed by atoms with Gasteiger partial charge in [0.1, 0.15) is 18.3 Å². The van der Waals surface area contributed by atoms with Crippen LogP contribution < -0.4 is 0 Å². The Hall–Kier alpha value is -1.63. The molecular formula is C24H36O7. The Balaban J connectivity index is 1.69. The zero-order chi connectivity index (χ0) is 22.4. The van der Waals surface area contributed by atoms with Crippen LogP contribution in [0.25, 0.3) is 0 Å². The summed E-state index contributed by atoms with van der Waals surface area (Å²) in [5.41, 5.74) is -0.965. The molecule has 0 unspecified atom stereocenters. The molecule has 7 heteroatoms. The molecule has 2 saturated heterocycles. The van der Waals surface area contributed by atoms with Crippen LogP contribution in [0.5, 0.6) is 0 Å². The maximum absolute atomic E-state index is 12.1. The third-order valence-corrected chi connectivity index (χ3v) is 8.95. The Morgan fingerprint density at radius 1 is 1.23 bits per heavy atom. The first kappa shape index (κ1) is 22.6. The molecule has 0 N–H and O–H groups in total. The Kier molecular flexibility index (Phi) is 5.86. The molecule has 0 radical (unpaired) electrons. The molecule has 7 atom stereocenters. The summed E-state index contributed by atoms with van der Waals surface area (Å²) < 4.78 is 22.9. The molecule has 2 saturated carbocycles. The molecule has 0 aromatic rings. The van der Waals surface area contributed by atoms with Crippen molar-refractivity contribution in [2.75, 3.05) is 19.8 Å². The summed E-state index contributed by atoms with van der Waals surface area (Å²) in [4.78, 5) is 35.5. The van der Waals surface area contributed by atoms with Gasteiger partial charge in [0.15, 0.2) is 0 Å². The van der Waals surface area contributed by atoms with Crippen molar-refractivity contribution in [2.24, 2.45) is 28.6 Å². The standard InChI is InChI=1S/C24H36O7/c1-15-10-20(31-17(3)26)24(14-29-16(2)25)19(6-5-8-23(24)13-30-23)22(15,4)9-7-18-11-21(27)28-12-18/h15,18-20H,5-14H2,1-4H3/t15-,18+,19-,20+,22+,23+,24+/m1/s1. The largest absolute Gasteiger partial charge is 0.465 e. The Bertz CT molecular complexity index is 744. The van der Waals surface area contributed by atoms with E-state index in [0.717, 1.165) is 38.5 Å². The molecule has 0 aromatic heterocycles. The van der Waals surface area contributed by atoms with Crippen LogP contribution in [0, 0.1) is 28.6 Å². The molecule has 0 amide bonds. The van der Waals surface area contributed by atoms with Crippen molar-refractivity contribution >= 4 is 17.9 Å². The summed E-state index contributed by atoms with van der Waals surface area (Å²) in [6, 6.07) is 0. The average molecular weight is 437 g/mol. The van der Waals surface area contributed by atoms with Crippen molar-refractivity contribution in [1.82, 2.24) is 0 Å². The molecule has 0 aromatic carbocycles. The highest BCUT2D eigenvalue weighted by molar-refractivity contribution is 5.71. The van der Waals surface area contributed by atoms with Crippen LogP contribution >= 0.6 is 0 Å². The lowest BCUT2D eigenvalue weighted by Crippen LogP contribution is -2.67. The van der Waals surface area contributed by atoms with Crippen molar-refractivity contribution in [1.29, 1.82) is 0 Å². The number of fused-ring (bicyclic) bond motifs is 2. The van der Waals surface area contributed by atoms with Gasteiger partial charge in [0.25, 0.3) is 0 Å². The van der Waals surface area contributed by atoms with E-state index in [1.807, 2.05) is 0 Å². The van der Waals surface area contributed by atoms with Crippen molar-refractivity contribution in [3.8, 4) is 0 Å². The van der Waals surface area contributed by atoms with E-state index in [1.54, 1.807) is 0 Å². The molecule has 4 rings (SSSR count). The third kappa shape index (κ3) is 3.77. The molecule has 2 heterocycles. The summed E-state index contributed by atoms with van der Waals surface area (Å²) in [5, 5.41) is 0. The van der Waals surface area contributed by atoms with Gasteiger partial charge in [0.05, 0.1) is 25.0 Å². The van der Waals surface area contributed by atoms with Gasteiger partial charge < -0.3 is 18.9 Å². The minimum Gasteiger partial charge on any atom is -0.465 e. The van der Waals surface area contributed by atoms with Crippen molar-refractivity contribution in [3.05, 3.63) is 0 Å². The second-order valence-corrected chi connectivity index (χ2v) is 10.6. The van der Waals surface area contributed by atoms with Gasteiger partial charge in [0.2, 0.25) is 0 Å². The van der Waals surface area contributed by atoms with Crippen molar-refractivity contribution in [2.45, 2.75) is 84.3 Å². The SMILES string of the molecule is CC(=O)OC[C@@]12[C@@H](OC(C)=O)C[C@@H](C)[C@](C)(CC[C@@H]3COC(=O)C3)[C@H]1CCC[C@]21CO1. The second kappa shape index (κ2) is 8.05. The Morgan fingerprint density at radius 3 is 2.55 bits per heavy atom. The smallest absolute Gasteiger partial charge is 0.306 e. The number of hydrogen-bond acceptors (Lipinski definition) is 7. The van der Waals surface area contributed by atoms with E-state index in [1.165, 1.54) is 13.8 Å². The van der Waals surface area contributed by atoms with E-state index in [2.05, 4.69) is 13.8 Å². The molecule has 174 valence electrons. The first-order valence-corrected chi connectivity index (χ1v) is 11.7. The Morgan fingerprint density at radius 2 is 1.97 bits per heavy atom. The number of carbonyl (C=O) groups excluding carboxylic acids is 3. The van der Waals surface area contributed by atoms with Crippen LogP contribution in [0.3, 0.4) is 0 Å². The maximum atomic E-state index is 12.1. The Labute approximate surface area is 184 Å². The highest BCUT2D eigenvalue weighted by atomic mass is 16.6. The summed E-state index contributed by atoms with van der Waals surface area (Å²) in [6.07, 6.45) is 5.71. The lowest BCUT2D eigenvalue weighted by Gasteiger charge is -2.63. The predicted octanol–water partition coefficient (Wildman–Crippen LogP) is 3.43. The van der Waals surface area contributed by atoms with Crippen LogP contribution in [0.1, 0.15) is 72.6 Å². The number of epoxide rings is 1. The summed E-state index contributed by atoms with van der Waals surface area (Å²) in [7, 11) is 0. The van der Waals surface area contributed by atoms with E-state index in [4.69, 9.17) is 18.9 Å². The molecule has 4 fully saturated rings. The number of rotatable bonds is 6. The van der Waals surface area contributed by atoms with Crippen LogP contribution in [0.15, 0.2) is 0 Å². The number of esters is 3. The molecule has 4 aliphatic rings. The monoisotopic (exact) mass is 436 g/mol. The topological polar surface area (TPSA) is 91.4 Å². The lowest BCUT2D eigenvalue weighted by atomic mass is 9.43. The molecule has 1 spiro atoms. The fourth-order valence-electron chi connectivity index (χ4n) is 7.06. The molecule has 7 nitrogen and oxygen atoms in total. The quantitative estimate of drug-likeness (QED) is 0.358. The maximum Gasteiger partial charge on any atom is 0.306 e. The van der Waals surface area contributed by atoms with E-state index in [-0.39, 0.29) is 53.5 Å². The van der Waals surface area contributed by atoms with E-state index < -0.39 is 5.41 Å². The van der Waals surface area contributed by atoms with Gasteiger partial charge in [0, 0.05) is 19.8 Å². The van der Waals surface area contributed by atoms with Gasteiger partial charge in [-0.3, -0.25) is 14.4 Å². The van der Waals surface area contributed by atoms with Crippen LogP contribution in [0.4, 0.5) is 0 Å². The molecule has 2 aliphatic heterocycles. The molecule has 0 bridgehead atoms. The summed E-state index contributed by atoms with van der Waals surface area (Å²) in [6.45, 7) is 8.82. The minimum atomic E-state index is -0.536. The average Bonchev–Trinajstić information content (AvgIpc) is 3.35. The zero-order valence-corrected chi connectivity index (χ0v) is 19.2. The van der Waals surface area contributed by atoms with Crippen LogP contribution in [-0.4, -0.2) is 49.4 Å². The number of ether oxygens (including phenoxy) is 4. The second-order valence-electron chi connectivity index (χ2n) is 10.6. The number of carbonyl (C=O) groups is 3. The normalized spacial score (nSPS) is 43.8. The van der Waals surface area contributed by atoms with E-state index in [9.17, 15) is 14.4 Å². The minimum absolute atomic E-state index is 0.0399. The number of cyclic esters (lactones) is 1. The third-order valence-electron chi connectivity index (χ3n) is 8.95. The highest BCUT2D eigenvalue weighted by Gasteiger charge is 2.74. The summed E-state index contributed by atoms with van der Waals surface area (Å²) in [5.74, 6) is 0.0537. The summed E-state index contributed by atoms with van der Waals surface area (Å²) >= 11 is 0. The van der Waals surface area contributed by atoms with Gasteiger partial charge in [-0.25, -0.2) is 0 Å². The van der Waals surface area contributed by atoms with Crippen molar-refractivity contribution < 1.29 is 33.3 Å². The van der Waals surface area contributed by atoms with Gasteiger partial charge in [-0.2, -0.15) is 0 Å². The molecule has 31 heavy (non-hydrogen) atoms. The molecular weight excluding hydrogens is 400 g/mol. The van der Waals surface area contributed by atoms with Crippen molar-refractivity contribution in [3.63, 3.8) is 0 Å². The van der Waals surface area contributed by atoms with Gasteiger partial charge in [-0.1, -0.05) is 20.3 Å². The first-order valence-electron chi connectivity index (χ1n) is 11.7. The lowest BCUT2D eigenvalue weighted by molar-refractivity contribution is -0.229.